The number of nitrogens with zero attached hydrogens (tertiary/aromatic N) is 5. The molecule has 156 valence electrons. The van der Waals surface area contributed by atoms with Crippen molar-refractivity contribution in [2.75, 3.05) is 0 Å². The third kappa shape index (κ3) is 5.08. The first-order valence-corrected chi connectivity index (χ1v) is 8.53. The van der Waals surface area contributed by atoms with Crippen LogP contribution in [0.3, 0.4) is 0 Å². The van der Waals surface area contributed by atoms with Crippen LogP contribution in [0, 0.1) is 11.3 Å². The van der Waals surface area contributed by atoms with E-state index in [1.165, 1.54) is 17.1 Å². The molecule has 0 saturated heterocycles. The summed E-state index contributed by atoms with van der Waals surface area (Å²) in [6, 6.07) is 8.50. The van der Waals surface area contributed by atoms with E-state index >= 15 is 0 Å². The summed E-state index contributed by atoms with van der Waals surface area (Å²) < 4.78 is 40.2. The molecule has 30 heavy (non-hydrogen) atoms. The molecular formula is C18H14ClF3N6OS. The Labute approximate surface area is 181 Å². The Hall–Kier alpha value is -3.10. The van der Waals surface area contributed by atoms with Crippen LogP contribution in [0.4, 0.5) is 13.2 Å². The first-order valence-electron chi connectivity index (χ1n) is 8.15. The van der Waals surface area contributed by atoms with Gasteiger partial charge in [-0.05, 0) is 37.3 Å². The normalized spacial score (nSPS) is 11.9. The maximum Gasteiger partial charge on any atom is 0.416 e. The number of carbonyl (C=O) groups is 1. The van der Waals surface area contributed by atoms with Gasteiger partial charge in [-0.1, -0.05) is 17.7 Å². The van der Waals surface area contributed by atoms with Gasteiger partial charge in [0.05, 0.1) is 11.6 Å². The van der Waals surface area contributed by atoms with Gasteiger partial charge in [0, 0.05) is 10.6 Å². The fourth-order valence-electron chi connectivity index (χ4n) is 2.55. The largest absolute Gasteiger partial charge is 0.416 e. The molecule has 1 aromatic carbocycles. The second kappa shape index (κ2) is 9.15. The Balaban J connectivity index is 0.00000320. The molecule has 3 aromatic rings. The summed E-state index contributed by atoms with van der Waals surface area (Å²) in [6.45, 7) is 1.59. The van der Waals surface area contributed by atoms with E-state index in [0.29, 0.717) is 5.82 Å². The molecule has 0 aliphatic rings. The first-order chi connectivity index (χ1) is 13.7. The quantitative estimate of drug-likeness (QED) is 0.646. The van der Waals surface area contributed by atoms with E-state index in [-0.39, 0.29) is 35.6 Å². The summed E-state index contributed by atoms with van der Waals surface area (Å²) in [5.74, 6) is -0.183. The van der Waals surface area contributed by atoms with Crippen molar-refractivity contribution < 1.29 is 18.0 Å². The maximum absolute atomic E-state index is 13.0. The average molecular weight is 455 g/mol. The smallest absolute Gasteiger partial charge is 0.342 e. The van der Waals surface area contributed by atoms with E-state index in [1.807, 2.05) is 6.07 Å². The second-order valence-corrected chi connectivity index (χ2v) is 6.38. The zero-order valence-electron chi connectivity index (χ0n) is 15.3. The van der Waals surface area contributed by atoms with E-state index in [9.17, 15) is 18.0 Å². The van der Waals surface area contributed by atoms with Crippen LogP contribution in [0.1, 0.15) is 40.4 Å². The highest BCUT2D eigenvalue weighted by molar-refractivity contribution is 7.59. The van der Waals surface area contributed by atoms with Gasteiger partial charge in [-0.25, -0.2) is 9.97 Å². The van der Waals surface area contributed by atoms with Crippen molar-refractivity contribution in [1.82, 2.24) is 25.1 Å². The number of aromatic nitrogens is 4. The number of carbonyl (C=O) groups excluding carboxylic acids is 1. The first kappa shape index (κ1) is 23.2. The lowest BCUT2D eigenvalue weighted by atomic mass is 10.1. The van der Waals surface area contributed by atoms with Crippen molar-refractivity contribution in [3.8, 4) is 11.9 Å². The number of benzene rings is 1. The predicted molar refractivity (Wildman–Crippen MR) is 107 cm³/mol. The summed E-state index contributed by atoms with van der Waals surface area (Å²) in [4.78, 5) is 20.7. The lowest BCUT2D eigenvalue weighted by Crippen LogP contribution is -2.29. The van der Waals surface area contributed by atoms with Crippen LogP contribution in [0.25, 0.3) is 5.82 Å². The highest BCUT2D eigenvalue weighted by Gasteiger charge is 2.32. The van der Waals surface area contributed by atoms with Gasteiger partial charge in [0.15, 0.2) is 11.6 Å². The minimum absolute atomic E-state index is 0. The number of halogens is 4. The van der Waals surface area contributed by atoms with Crippen molar-refractivity contribution in [3.63, 3.8) is 0 Å². The van der Waals surface area contributed by atoms with Crippen LogP contribution < -0.4 is 5.32 Å². The van der Waals surface area contributed by atoms with Crippen LogP contribution >= 0.6 is 25.1 Å². The molecule has 7 nitrogen and oxygen atoms in total. The molecule has 0 unspecified atom stereocenters. The Morgan fingerprint density at radius 1 is 1.30 bits per heavy atom. The van der Waals surface area contributed by atoms with E-state index in [2.05, 4.69) is 20.4 Å². The molecule has 12 heteroatoms. The number of hydrogen-bond acceptors (Lipinski definition) is 5. The summed E-state index contributed by atoms with van der Waals surface area (Å²) >= 11 is 5.73. The van der Waals surface area contributed by atoms with Gasteiger partial charge in [-0.3, -0.25) is 4.79 Å². The van der Waals surface area contributed by atoms with Crippen LogP contribution in [-0.2, 0) is 6.18 Å². The minimum Gasteiger partial charge on any atom is -0.342 e. The zero-order valence-corrected chi connectivity index (χ0v) is 17.0. The maximum atomic E-state index is 13.0. The molecule has 1 amide bonds. The summed E-state index contributed by atoms with van der Waals surface area (Å²) in [5.41, 5.74) is -1.10. The average Bonchev–Trinajstić information content (AvgIpc) is 3.17. The molecule has 0 bridgehead atoms. The van der Waals surface area contributed by atoms with Crippen LogP contribution in [0.15, 0.2) is 42.7 Å². The van der Waals surface area contributed by atoms with Gasteiger partial charge >= 0.3 is 6.18 Å². The van der Waals surface area contributed by atoms with Crippen LogP contribution in [-0.4, -0.2) is 25.7 Å². The molecule has 1 atom stereocenters. The Morgan fingerprint density at radius 2 is 2.03 bits per heavy atom. The van der Waals surface area contributed by atoms with Crippen molar-refractivity contribution in [2.45, 2.75) is 19.1 Å². The topological polar surface area (TPSA) is 96.5 Å². The van der Waals surface area contributed by atoms with E-state index in [4.69, 9.17) is 16.9 Å². The van der Waals surface area contributed by atoms with E-state index in [0.717, 1.165) is 18.2 Å². The highest BCUT2D eigenvalue weighted by atomic mass is 35.5. The van der Waals surface area contributed by atoms with Crippen LogP contribution in [0.2, 0.25) is 5.02 Å². The minimum atomic E-state index is -4.64. The SMILES string of the molecule is C[C@H](NC(=O)c1cc(Cl)cc(C(F)(F)F)c1)c1ncnn1-c1cccc(C#N)n1.S. The van der Waals surface area contributed by atoms with E-state index < -0.39 is 23.7 Å². The number of hydrogen-bond donors (Lipinski definition) is 1. The Kier molecular flexibility index (Phi) is 7.07. The molecule has 0 radical (unpaired) electrons. The molecule has 0 fully saturated rings. The van der Waals surface area contributed by atoms with Gasteiger partial charge in [-0.15, -0.1) is 0 Å². The molecule has 1 N–H and O–H groups in total. The number of nitriles is 1. The highest BCUT2D eigenvalue weighted by Crippen LogP contribution is 2.32. The van der Waals surface area contributed by atoms with Gasteiger partial charge in [0.1, 0.15) is 18.1 Å². The third-order valence-corrected chi connectivity index (χ3v) is 4.08. The summed E-state index contributed by atoms with van der Waals surface area (Å²) in [5, 5.41) is 15.4. The monoisotopic (exact) mass is 454 g/mol. The predicted octanol–water partition coefficient (Wildman–Crippen LogP) is 3.81. The van der Waals surface area contributed by atoms with Gasteiger partial charge in [0.25, 0.3) is 5.91 Å². The van der Waals surface area contributed by atoms with Crippen molar-refractivity contribution in [1.29, 1.82) is 5.26 Å². The molecule has 0 aliphatic carbocycles. The third-order valence-electron chi connectivity index (χ3n) is 3.86. The number of rotatable bonds is 4. The Bertz CT molecular complexity index is 1110. The lowest BCUT2D eigenvalue weighted by molar-refractivity contribution is -0.137. The fourth-order valence-corrected chi connectivity index (χ4v) is 2.79. The van der Waals surface area contributed by atoms with Gasteiger partial charge in [-0.2, -0.15) is 41.7 Å². The molecule has 0 aliphatic heterocycles. The standard InChI is InChI=1S/C18H12ClF3N6O.H2S/c1-10(16-24-9-25-28(16)15-4-2-3-14(8-23)27-15)26-17(29)11-5-12(18(20,21)22)7-13(19)6-11;/h2-7,9-10H,1H3,(H,26,29);1H2/t10-;/m0./s1. The lowest BCUT2D eigenvalue weighted by Gasteiger charge is -2.15. The summed E-state index contributed by atoms with van der Waals surface area (Å²) in [6.07, 6.45) is -3.40. The number of nitrogens with one attached hydrogen (secondary N) is 1. The van der Waals surface area contributed by atoms with Crippen molar-refractivity contribution in [2.24, 2.45) is 0 Å². The number of pyridine rings is 1. The molecule has 0 saturated carbocycles. The van der Waals surface area contributed by atoms with Crippen LogP contribution in [0.5, 0.6) is 0 Å². The molecule has 2 aromatic heterocycles. The zero-order chi connectivity index (χ0) is 21.2. The van der Waals surface area contributed by atoms with Crippen molar-refractivity contribution >= 4 is 31.0 Å². The number of amides is 1. The second-order valence-electron chi connectivity index (χ2n) is 5.94. The van der Waals surface area contributed by atoms with Gasteiger partial charge in [0.2, 0.25) is 0 Å². The number of alkyl halides is 3. The summed E-state index contributed by atoms with van der Waals surface area (Å²) in [7, 11) is 0. The Morgan fingerprint density at radius 3 is 2.70 bits per heavy atom. The van der Waals surface area contributed by atoms with Gasteiger partial charge < -0.3 is 5.32 Å². The molecule has 0 spiro atoms. The van der Waals surface area contributed by atoms with Crippen molar-refractivity contribution in [3.05, 3.63) is 70.4 Å². The molecular weight excluding hydrogens is 441 g/mol. The molecule has 2 heterocycles. The molecule has 3 rings (SSSR count). The fraction of sp³-hybridized carbons (Fsp3) is 0.167. The van der Waals surface area contributed by atoms with E-state index in [1.54, 1.807) is 19.1 Å².